The maximum atomic E-state index is 13.1. The summed E-state index contributed by atoms with van der Waals surface area (Å²) in [6.45, 7) is 4.78. The van der Waals surface area contributed by atoms with Crippen LogP contribution < -0.4 is 10.1 Å². The van der Waals surface area contributed by atoms with Crippen LogP contribution in [0, 0.1) is 12.8 Å². The first-order chi connectivity index (χ1) is 15.8. The van der Waals surface area contributed by atoms with Crippen molar-refractivity contribution in [3.05, 3.63) is 65.2 Å². The topological polar surface area (TPSA) is 75.7 Å². The standard InChI is InChI=1S/C26H36N2O4S/c1-4-24(22-14-15-25(32-3)20(2)18-22)27-26(29)23-13-8-16-28(19-23)33(30,31)17-9-12-21-10-6-5-7-11-21/h5-7,10-11,14-15,18,23-24H,4,8-9,12-13,16-17,19H2,1-3H3,(H,27,29)/t23-,24+/m0/s1. The molecular formula is C26H36N2O4S. The van der Waals surface area contributed by atoms with Crippen LogP contribution in [-0.4, -0.2) is 44.6 Å². The SMILES string of the molecule is CC[C@@H](NC(=O)[C@H]1CCCN(S(=O)(=O)CCCc2ccccc2)C1)c1ccc(OC)c(C)c1. The lowest BCUT2D eigenvalue weighted by atomic mass is 9.96. The number of aryl methyl sites for hydroxylation is 2. The van der Waals surface area contributed by atoms with Crippen molar-refractivity contribution in [1.82, 2.24) is 9.62 Å². The van der Waals surface area contributed by atoms with Gasteiger partial charge in [-0.2, -0.15) is 0 Å². The van der Waals surface area contributed by atoms with Crippen molar-refractivity contribution >= 4 is 15.9 Å². The van der Waals surface area contributed by atoms with E-state index in [0.717, 1.165) is 35.3 Å². The van der Waals surface area contributed by atoms with Crippen LogP contribution in [0.15, 0.2) is 48.5 Å². The summed E-state index contributed by atoms with van der Waals surface area (Å²) in [4.78, 5) is 13.1. The molecule has 0 aliphatic carbocycles. The quantitative estimate of drug-likeness (QED) is 0.561. The van der Waals surface area contributed by atoms with E-state index in [1.807, 2.05) is 62.4 Å². The molecule has 1 aliphatic rings. The van der Waals surface area contributed by atoms with Crippen LogP contribution in [0.25, 0.3) is 0 Å². The van der Waals surface area contributed by atoms with Gasteiger partial charge in [-0.1, -0.05) is 49.4 Å². The first-order valence-electron chi connectivity index (χ1n) is 11.8. The highest BCUT2D eigenvalue weighted by Gasteiger charge is 2.32. The molecule has 2 atom stereocenters. The Labute approximate surface area is 198 Å². The van der Waals surface area contributed by atoms with E-state index in [2.05, 4.69) is 5.32 Å². The van der Waals surface area contributed by atoms with E-state index in [0.29, 0.717) is 25.8 Å². The second-order valence-electron chi connectivity index (χ2n) is 8.80. The Morgan fingerprint density at radius 3 is 2.64 bits per heavy atom. The van der Waals surface area contributed by atoms with Gasteiger partial charge in [-0.25, -0.2) is 12.7 Å². The summed E-state index contributed by atoms with van der Waals surface area (Å²) in [5.41, 5.74) is 3.20. The number of sulfonamides is 1. The smallest absolute Gasteiger partial charge is 0.224 e. The van der Waals surface area contributed by atoms with Gasteiger partial charge in [0.1, 0.15) is 5.75 Å². The molecule has 180 valence electrons. The molecule has 1 saturated heterocycles. The molecule has 0 aromatic heterocycles. The number of methoxy groups -OCH3 is 1. The first-order valence-corrected chi connectivity index (χ1v) is 13.4. The van der Waals surface area contributed by atoms with E-state index >= 15 is 0 Å². The van der Waals surface area contributed by atoms with Gasteiger partial charge in [-0.3, -0.25) is 4.79 Å². The van der Waals surface area contributed by atoms with Crippen molar-refractivity contribution in [1.29, 1.82) is 0 Å². The molecule has 2 aromatic rings. The van der Waals surface area contributed by atoms with Crippen LogP contribution in [0.1, 0.15) is 55.3 Å². The monoisotopic (exact) mass is 472 g/mol. The van der Waals surface area contributed by atoms with Gasteiger partial charge < -0.3 is 10.1 Å². The Kier molecular flexibility index (Phi) is 8.92. The number of piperidine rings is 1. The number of hydrogen-bond acceptors (Lipinski definition) is 4. The van der Waals surface area contributed by atoms with Crippen LogP contribution in [0.5, 0.6) is 5.75 Å². The minimum absolute atomic E-state index is 0.0699. The molecule has 0 saturated carbocycles. The molecule has 1 aliphatic heterocycles. The molecule has 1 fully saturated rings. The Hall–Kier alpha value is -2.38. The Balaban J connectivity index is 1.58. The summed E-state index contributed by atoms with van der Waals surface area (Å²) in [5, 5.41) is 3.15. The summed E-state index contributed by atoms with van der Waals surface area (Å²) < 4.78 is 32.7. The summed E-state index contributed by atoms with van der Waals surface area (Å²) >= 11 is 0. The van der Waals surface area contributed by atoms with E-state index in [-0.39, 0.29) is 30.2 Å². The molecular weight excluding hydrogens is 436 g/mol. The molecule has 0 radical (unpaired) electrons. The van der Waals surface area contributed by atoms with Crippen molar-refractivity contribution in [2.75, 3.05) is 26.0 Å². The zero-order valence-electron chi connectivity index (χ0n) is 19.9. The van der Waals surface area contributed by atoms with Gasteiger partial charge in [0.05, 0.1) is 24.8 Å². The third kappa shape index (κ3) is 6.81. The fourth-order valence-electron chi connectivity index (χ4n) is 4.47. The van der Waals surface area contributed by atoms with Gasteiger partial charge in [0.15, 0.2) is 0 Å². The van der Waals surface area contributed by atoms with E-state index in [1.165, 1.54) is 4.31 Å². The van der Waals surface area contributed by atoms with Gasteiger partial charge in [0.25, 0.3) is 0 Å². The van der Waals surface area contributed by atoms with Gasteiger partial charge in [0.2, 0.25) is 15.9 Å². The van der Waals surface area contributed by atoms with Gasteiger partial charge in [0, 0.05) is 13.1 Å². The number of hydrogen-bond donors (Lipinski definition) is 1. The number of benzene rings is 2. The van der Waals surface area contributed by atoms with Crippen molar-refractivity contribution in [3.63, 3.8) is 0 Å². The normalized spacial score (nSPS) is 18.0. The van der Waals surface area contributed by atoms with Crippen molar-refractivity contribution in [2.24, 2.45) is 5.92 Å². The summed E-state index contributed by atoms with van der Waals surface area (Å²) in [6.07, 6.45) is 3.48. The van der Waals surface area contributed by atoms with E-state index < -0.39 is 10.0 Å². The average molecular weight is 473 g/mol. The minimum atomic E-state index is -3.38. The number of amides is 1. The molecule has 1 amide bonds. The largest absolute Gasteiger partial charge is 0.496 e. The highest BCUT2D eigenvalue weighted by atomic mass is 32.2. The lowest BCUT2D eigenvalue weighted by molar-refractivity contribution is -0.126. The van der Waals surface area contributed by atoms with Gasteiger partial charge in [-0.15, -0.1) is 0 Å². The second-order valence-corrected chi connectivity index (χ2v) is 10.9. The van der Waals surface area contributed by atoms with Crippen LogP contribution in [0.3, 0.4) is 0 Å². The van der Waals surface area contributed by atoms with E-state index in [1.54, 1.807) is 7.11 Å². The lowest BCUT2D eigenvalue weighted by Gasteiger charge is -2.32. The molecule has 0 unspecified atom stereocenters. The Morgan fingerprint density at radius 1 is 1.21 bits per heavy atom. The summed E-state index contributed by atoms with van der Waals surface area (Å²) in [5.74, 6) is 0.537. The Morgan fingerprint density at radius 2 is 1.97 bits per heavy atom. The maximum Gasteiger partial charge on any atom is 0.224 e. The summed E-state index contributed by atoms with van der Waals surface area (Å²) in [6, 6.07) is 15.7. The van der Waals surface area contributed by atoms with Gasteiger partial charge >= 0.3 is 0 Å². The number of nitrogens with one attached hydrogen (secondary N) is 1. The average Bonchev–Trinajstić information content (AvgIpc) is 2.83. The first kappa shape index (κ1) is 25.2. The molecule has 1 N–H and O–H groups in total. The zero-order valence-corrected chi connectivity index (χ0v) is 20.7. The maximum absolute atomic E-state index is 13.1. The molecule has 7 heteroatoms. The van der Waals surface area contributed by atoms with Gasteiger partial charge in [-0.05, 0) is 61.8 Å². The highest BCUT2D eigenvalue weighted by Crippen LogP contribution is 2.26. The molecule has 6 nitrogen and oxygen atoms in total. The number of carbonyl (C=O) groups excluding carboxylic acids is 1. The van der Waals surface area contributed by atoms with Crippen LogP contribution in [-0.2, 0) is 21.2 Å². The summed E-state index contributed by atoms with van der Waals surface area (Å²) in [7, 11) is -1.74. The zero-order chi connectivity index (χ0) is 23.8. The predicted molar refractivity (Wildman–Crippen MR) is 132 cm³/mol. The fraction of sp³-hybridized carbons (Fsp3) is 0.500. The van der Waals surface area contributed by atoms with E-state index in [9.17, 15) is 13.2 Å². The minimum Gasteiger partial charge on any atom is -0.496 e. The molecule has 3 rings (SSSR count). The van der Waals surface area contributed by atoms with Crippen molar-refractivity contribution in [2.45, 2.75) is 52.0 Å². The molecule has 33 heavy (non-hydrogen) atoms. The molecule has 1 heterocycles. The second kappa shape index (κ2) is 11.7. The molecule has 0 spiro atoms. The predicted octanol–water partition coefficient (Wildman–Crippen LogP) is 4.25. The third-order valence-corrected chi connectivity index (χ3v) is 8.33. The molecule has 2 aromatic carbocycles. The highest BCUT2D eigenvalue weighted by molar-refractivity contribution is 7.89. The number of carbonyl (C=O) groups is 1. The van der Waals surface area contributed by atoms with Crippen LogP contribution >= 0.6 is 0 Å². The molecule has 0 bridgehead atoms. The number of rotatable bonds is 10. The van der Waals surface area contributed by atoms with E-state index in [4.69, 9.17) is 4.74 Å². The number of ether oxygens (including phenoxy) is 1. The van der Waals surface area contributed by atoms with Crippen LogP contribution in [0.2, 0.25) is 0 Å². The van der Waals surface area contributed by atoms with Crippen molar-refractivity contribution in [3.8, 4) is 5.75 Å². The van der Waals surface area contributed by atoms with Crippen LogP contribution in [0.4, 0.5) is 0 Å². The lowest BCUT2D eigenvalue weighted by Crippen LogP contribution is -2.46. The Bertz CT molecular complexity index is 1020. The third-order valence-electron chi connectivity index (χ3n) is 6.40. The number of nitrogens with zero attached hydrogens (tertiary/aromatic N) is 1. The van der Waals surface area contributed by atoms with Crippen molar-refractivity contribution < 1.29 is 17.9 Å². The fourth-order valence-corrected chi connectivity index (χ4v) is 6.05.